The molecule has 0 amide bonds. The molecule has 0 saturated carbocycles. The van der Waals surface area contributed by atoms with Crippen molar-refractivity contribution < 1.29 is 0 Å². The summed E-state index contributed by atoms with van der Waals surface area (Å²) in [7, 11) is 0. The van der Waals surface area contributed by atoms with Gasteiger partial charge in [-0.05, 0) is 35.6 Å². The summed E-state index contributed by atoms with van der Waals surface area (Å²) in [6.07, 6.45) is 5.72. The van der Waals surface area contributed by atoms with Crippen LogP contribution in [0.5, 0.6) is 0 Å². The van der Waals surface area contributed by atoms with Crippen LogP contribution in [-0.4, -0.2) is 18.1 Å². The number of anilines is 1. The third-order valence-corrected chi connectivity index (χ3v) is 5.31. The van der Waals surface area contributed by atoms with Gasteiger partial charge in [0.15, 0.2) is 0 Å². The van der Waals surface area contributed by atoms with Gasteiger partial charge in [-0.3, -0.25) is 0 Å². The maximum Gasteiger partial charge on any atom is 0.136 e. The van der Waals surface area contributed by atoms with Crippen molar-refractivity contribution >= 4 is 16.6 Å². The molecule has 0 atom stereocenters. The Morgan fingerprint density at radius 3 is 2.52 bits per heavy atom. The van der Waals surface area contributed by atoms with Gasteiger partial charge in [0.05, 0.1) is 0 Å². The van der Waals surface area contributed by atoms with Crippen LogP contribution in [0.1, 0.15) is 38.7 Å². The lowest BCUT2D eigenvalue weighted by molar-refractivity contribution is 0.301. The summed E-state index contributed by atoms with van der Waals surface area (Å²) >= 11 is 0. The predicted molar refractivity (Wildman–Crippen MR) is 89.5 cm³/mol. The Labute approximate surface area is 127 Å². The van der Waals surface area contributed by atoms with Crippen molar-refractivity contribution in [1.82, 2.24) is 4.98 Å². The average Bonchev–Trinajstić information content (AvgIpc) is 2.99. The molecule has 112 valence electrons. The Kier molecular flexibility index (Phi) is 3.85. The van der Waals surface area contributed by atoms with E-state index in [9.17, 15) is 0 Å². The lowest BCUT2D eigenvalue weighted by Crippen LogP contribution is -2.27. The summed E-state index contributed by atoms with van der Waals surface area (Å²) in [5, 5.41) is 2.49. The molecule has 1 aliphatic rings. The lowest BCUT2D eigenvalue weighted by atomic mass is 9.82. The number of hydrogen-bond acceptors (Lipinski definition) is 3. The number of pyridine rings is 1. The molecule has 2 heterocycles. The fourth-order valence-electron chi connectivity index (χ4n) is 3.59. The molecule has 2 N–H and O–H groups in total. The first-order valence-corrected chi connectivity index (χ1v) is 8.04. The zero-order chi connectivity index (χ0) is 14.9. The summed E-state index contributed by atoms with van der Waals surface area (Å²) in [6, 6.07) is 8.51. The van der Waals surface area contributed by atoms with E-state index < -0.39 is 0 Å². The van der Waals surface area contributed by atoms with Crippen LogP contribution in [0.4, 0.5) is 5.82 Å². The first kappa shape index (κ1) is 14.3. The Hall–Kier alpha value is -1.61. The average molecular weight is 283 g/mol. The third kappa shape index (κ3) is 2.40. The molecule has 1 aromatic heterocycles. The summed E-state index contributed by atoms with van der Waals surface area (Å²) in [4.78, 5) is 7.21. The molecule has 0 spiro atoms. The van der Waals surface area contributed by atoms with Gasteiger partial charge in [0.1, 0.15) is 5.82 Å². The molecular formula is C18H25N3. The topological polar surface area (TPSA) is 42.2 Å². The summed E-state index contributed by atoms with van der Waals surface area (Å²) in [6.45, 7) is 7.41. The smallest absolute Gasteiger partial charge is 0.136 e. The van der Waals surface area contributed by atoms with Crippen molar-refractivity contribution in [3.05, 3.63) is 36.0 Å². The van der Waals surface area contributed by atoms with E-state index in [0.717, 1.165) is 24.5 Å². The number of benzene rings is 1. The van der Waals surface area contributed by atoms with Crippen LogP contribution in [0.3, 0.4) is 0 Å². The van der Waals surface area contributed by atoms with E-state index in [2.05, 4.69) is 43.0 Å². The van der Waals surface area contributed by atoms with E-state index in [4.69, 9.17) is 10.7 Å². The minimum Gasteiger partial charge on any atom is -0.356 e. The van der Waals surface area contributed by atoms with Gasteiger partial charge in [-0.15, -0.1) is 0 Å². The van der Waals surface area contributed by atoms with Gasteiger partial charge in [0.25, 0.3) is 0 Å². The molecule has 1 fully saturated rings. The van der Waals surface area contributed by atoms with Gasteiger partial charge in [0, 0.05) is 31.2 Å². The van der Waals surface area contributed by atoms with E-state index >= 15 is 0 Å². The highest BCUT2D eigenvalue weighted by molar-refractivity contribution is 5.94. The number of fused-ring (bicyclic) bond motifs is 1. The van der Waals surface area contributed by atoms with Crippen molar-refractivity contribution in [3.63, 3.8) is 0 Å². The second kappa shape index (κ2) is 5.64. The Balaban J connectivity index is 2.03. The number of nitrogens with two attached hydrogens (primary N) is 1. The van der Waals surface area contributed by atoms with E-state index in [1.54, 1.807) is 0 Å². The van der Waals surface area contributed by atoms with Crippen molar-refractivity contribution in [2.24, 2.45) is 11.1 Å². The van der Waals surface area contributed by atoms with E-state index in [-0.39, 0.29) is 0 Å². The van der Waals surface area contributed by atoms with E-state index in [1.165, 1.54) is 30.0 Å². The highest BCUT2D eigenvalue weighted by Crippen LogP contribution is 2.40. The molecule has 3 nitrogen and oxygen atoms in total. The molecule has 1 aliphatic heterocycles. The van der Waals surface area contributed by atoms with Crippen LogP contribution >= 0.6 is 0 Å². The molecule has 21 heavy (non-hydrogen) atoms. The zero-order valence-electron chi connectivity index (χ0n) is 13.1. The van der Waals surface area contributed by atoms with E-state index in [1.807, 2.05) is 6.20 Å². The maximum atomic E-state index is 5.85. The van der Waals surface area contributed by atoms with Crippen LogP contribution in [0, 0.1) is 5.41 Å². The van der Waals surface area contributed by atoms with E-state index in [0.29, 0.717) is 12.0 Å². The molecule has 3 heteroatoms. The molecule has 0 aliphatic carbocycles. The predicted octanol–water partition coefficient (Wildman–Crippen LogP) is 3.71. The number of nitrogens with zero attached hydrogens (tertiary/aromatic N) is 2. The van der Waals surface area contributed by atoms with Crippen molar-refractivity contribution in [1.29, 1.82) is 0 Å². The van der Waals surface area contributed by atoms with Crippen molar-refractivity contribution in [2.75, 3.05) is 18.0 Å². The minimum absolute atomic E-state index is 0.468. The second-order valence-electron chi connectivity index (χ2n) is 6.24. The fourth-order valence-corrected chi connectivity index (χ4v) is 3.59. The lowest BCUT2D eigenvalue weighted by Gasteiger charge is -2.27. The number of hydrogen-bond donors (Lipinski definition) is 1. The Morgan fingerprint density at radius 2 is 1.90 bits per heavy atom. The summed E-state index contributed by atoms with van der Waals surface area (Å²) < 4.78 is 0. The molecule has 0 bridgehead atoms. The van der Waals surface area contributed by atoms with Gasteiger partial charge in [-0.2, -0.15) is 0 Å². The standard InChI is InChI=1S/C18H25N3/c1-3-18(4-2)9-10-21(13-18)17-16-8-6-5-7-15(16)14(11-19)12-20-17/h5-8,12H,3-4,9-11,13,19H2,1-2H3. The highest BCUT2D eigenvalue weighted by Gasteiger charge is 2.35. The monoisotopic (exact) mass is 283 g/mol. The first-order chi connectivity index (χ1) is 10.2. The second-order valence-corrected chi connectivity index (χ2v) is 6.24. The van der Waals surface area contributed by atoms with Crippen molar-refractivity contribution in [2.45, 2.75) is 39.7 Å². The summed E-state index contributed by atoms with van der Waals surface area (Å²) in [5.74, 6) is 1.13. The first-order valence-electron chi connectivity index (χ1n) is 8.04. The fraction of sp³-hybridized carbons (Fsp3) is 0.500. The highest BCUT2D eigenvalue weighted by atomic mass is 15.2. The van der Waals surface area contributed by atoms with Gasteiger partial charge in [0.2, 0.25) is 0 Å². The van der Waals surface area contributed by atoms with Crippen LogP contribution in [0.25, 0.3) is 10.8 Å². The van der Waals surface area contributed by atoms with Gasteiger partial charge >= 0.3 is 0 Å². The molecular weight excluding hydrogens is 258 g/mol. The zero-order valence-corrected chi connectivity index (χ0v) is 13.1. The molecule has 1 saturated heterocycles. The van der Waals surface area contributed by atoms with Crippen LogP contribution in [0.2, 0.25) is 0 Å². The van der Waals surface area contributed by atoms with Crippen LogP contribution < -0.4 is 10.6 Å². The largest absolute Gasteiger partial charge is 0.356 e. The number of aromatic nitrogens is 1. The summed E-state index contributed by atoms with van der Waals surface area (Å²) in [5.41, 5.74) is 7.45. The van der Waals surface area contributed by atoms with Crippen LogP contribution in [0.15, 0.2) is 30.5 Å². The molecule has 2 aromatic rings. The Bertz CT molecular complexity index is 631. The van der Waals surface area contributed by atoms with Crippen molar-refractivity contribution in [3.8, 4) is 0 Å². The third-order valence-electron chi connectivity index (χ3n) is 5.31. The Morgan fingerprint density at radius 1 is 1.19 bits per heavy atom. The quantitative estimate of drug-likeness (QED) is 0.930. The maximum absolute atomic E-state index is 5.85. The van der Waals surface area contributed by atoms with Gasteiger partial charge in [-0.25, -0.2) is 4.98 Å². The minimum atomic E-state index is 0.468. The van der Waals surface area contributed by atoms with Gasteiger partial charge < -0.3 is 10.6 Å². The van der Waals surface area contributed by atoms with Crippen LogP contribution in [-0.2, 0) is 6.54 Å². The normalized spacial score (nSPS) is 17.6. The molecule has 1 aromatic carbocycles. The van der Waals surface area contributed by atoms with Gasteiger partial charge in [-0.1, -0.05) is 38.1 Å². The SMILES string of the molecule is CCC1(CC)CCN(c2ncc(CN)c3ccccc23)C1. The molecule has 3 rings (SSSR count). The molecule has 0 unspecified atom stereocenters. The molecule has 0 radical (unpaired) electrons. The number of rotatable bonds is 4.